The minimum Gasteiger partial charge on any atom is -0.340 e. The van der Waals surface area contributed by atoms with Crippen LogP contribution in [0.3, 0.4) is 0 Å². The van der Waals surface area contributed by atoms with E-state index in [0.29, 0.717) is 6.42 Å². The molecule has 0 aromatic heterocycles. The highest BCUT2D eigenvalue weighted by atomic mass is 35.5. The molecule has 1 aromatic rings. The lowest BCUT2D eigenvalue weighted by Gasteiger charge is -2.32. The standard InChI is InChI=1S/C18H26N4O2.ClH/c1-21-8-10-22(11-9-21)17(23)13-14-4-2-5-15(12-14)20-18(24)16-6-3-7-19-16;/h2,4-5,12,16,19H,3,6-11,13H2,1H3,(H,20,24);1H. The summed E-state index contributed by atoms with van der Waals surface area (Å²) in [7, 11) is 2.08. The SMILES string of the molecule is CN1CCN(C(=O)Cc2cccc(NC(=O)C3CCCN3)c2)CC1.Cl. The second-order valence-electron chi connectivity index (χ2n) is 6.70. The van der Waals surface area contributed by atoms with Gasteiger partial charge in [0, 0.05) is 31.9 Å². The van der Waals surface area contributed by atoms with Crippen LogP contribution in [0.5, 0.6) is 0 Å². The average Bonchev–Trinajstić information content (AvgIpc) is 3.10. The normalized spacial score (nSPS) is 20.8. The van der Waals surface area contributed by atoms with Gasteiger partial charge < -0.3 is 20.4 Å². The highest BCUT2D eigenvalue weighted by molar-refractivity contribution is 5.95. The van der Waals surface area contributed by atoms with Crippen LogP contribution in [0.15, 0.2) is 24.3 Å². The zero-order chi connectivity index (χ0) is 16.9. The number of halogens is 1. The summed E-state index contributed by atoms with van der Waals surface area (Å²) >= 11 is 0. The summed E-state index contributed by atoms with van der Waals surface area (Å²) in [5.41, 5.74) is 1.70. The zero-order valence-electron chi connectivity index (χ0n) is 14.7. The van der Waals surface area contributed by atoms with Crippen LogP contribution in [0.1, 0.15) is 18.4 Å². The van der Waals surface area contributed by atoms with Crippen molar-refractivity contribution in [3.05, 3.63) is 29.8 Å². The van der Waals surface area contributed by atoms with Crippen molar-refractivity contribution in [1.29, 1.82) is 0 Å². The summed E-state index contributed by atoms with van der Waals surface area (Å²) in [5.74, 6) is 0.166. The Hall–Kier alpha value is -1.63. The average molecular weight is 367 g/mol. The van der Waals surface area contributed by atoms with Crippen molar-refractivity contribution in [1.82, 2.24) is 15.1 Å². The molecule has 2 N–H and O–H groups in total. The number of rotatable bonds is 4. The highest BCUT2D eigenvalue weighted by Gasteiger charge is 2.22. The quantitative estimate of drug-likeness (QED) is 0.838. The van der Waals surface area contributed by atoms with Crippen LogP contribution in [0, 0.1) is 0 Å². The molecule has 2 amide bonds. The maximum atomic E-state index is 12.4. The second-order valence-corrected chi connectivity index (χ2v) is 6.70. The number of amides is 2. The van der Waals surface area contributed by atoms with Crippen LogP contribution in [0.2, 0.25) is 0 Å². The van der Waals surface area contributed by atoms with Gasteiger partial charge in [-0.05, 0) is 44.1 Å². The molecule has 7 heteroatoms. The number of anilines is 1. The van der Waals surface area contributed by atoms with E-state index in [4.69, 9.17) is 0 Å². The van der Waals surface area contributed by atoms with E-state index in [1.807, 2.05) is 29.2 Å². The molecule has 0 aliphatic carbocycles. The fraction of sp³-hybridized carbons (Fsp3) is 0.556. The Morgan fingerprint density at radius 3 is 2.68 bits per heavy atom. The fourth-order valence-electron chi connectivity index (χ4n) is 3.24. The van der Waals surface area contributed by atoms with E-state index in [-0.39, 0.29) is 30.3 Å². The van der Waals surface area contributed by atoms with Gasteiger partial charge in [-0.15, -0.1) is 12.4 Å². The first-order valence-corrected chi connectivity index (χ1v) is 8.71. The van der Waals surface area contributed by atoms with E-state index in [0.717, 1.165) is 56.8 Å². The lowest BCUT2D eigenvalue weighted by atomic mass is 10.1. The summed E-state index contributed by atoms with van der Waals surface area (Å²) in [5, 5.41) is 6.14. The predicted molar refractivity (Wildman–Crippen MR) is 101 cm³/mol. The van der Waals surface area contributed by atoms with E-state index < -0.39 is 0 Å². The van der Waals surface area contributed by atoms with Crippen molar-refractivity contribution < 1.29 is 9.59 Å². The second kappa shape index (κ2) is 9.17. The number of nitrogens with one attached hydrogen (secondary N) is 2. The maximum absolute atomic E-state index is 12.4. The smallest absolute Gasteiger partial charge is 0.241 e. The monoisotopic (exact) mass is 366 g/mol. The summed E-state index contributed by atoms with van der Waals surface area (Å²) in [4.78, 5) is 28.8. The molecule has 2 fully saturated rings. The van der Waals surface area contributed by atoms with Gasteiger partial charge in [0.05, 0.1) is 12.5 Å². The first-order chi connectivity index (χ1) is 11.6. The molecule has 0 saturated carbocycles. The summed E-state index contributed by atoms with van der Waals surface area (Å²) in [6, 6.07) is 7.51. The number of carbonyl (C=O) groups excluding carboxylic acids is 2. The molecule has 0 spiro atoms. The minimum absolute atomic E-state index is 0. The molecule has 1 atom stereocenters. The maximum Gasteiger partial charge on any atom is 0.241 e. The van der Waals surface area contributed by atoms with Crippen LogP contribution in [0.25, 0.3) is 0 Å². The molecule has 1 unspecified atom stereocenters. The Kier molecular flexibility index (Phi) is 7.23. The van der Waals surface area contributed by atoms with E-state index in [1.54, 1.807) is 0 Å². The molecule has 138 valence electrons. The van der Waals surface area contributed by atoms with E-state index in [9.17, 15) is 9.59 Å². The Balaban J connectivity index is 0.00000225. The van der Waals surface area contributed by atoms with Gasteiger partial charge >= 0.3 is 0 Å². The molecule has 3 rings (SSSR count). The molecule has 1 aromatic carbocycles. The van der Waals surface area contributed by atoms with Gasteiger partial charge in [0.25, 0.3) is 0 Å². The third-order valence-electron chi connectivity index (χ3n) is 4.78. The van der Waals surface area contributed by atoms with Crippen molar-refractivity contribution >= 4 is 29.9 Å². The van der Waals surface area contributed by atoms with Crippen molar-refractivity contribution in [2.45, 2.75) is 25.3 Å². The Bertz CT molecular complexity index is 596. The van der Waals surface area contributed by atoms with Crippen molar-refractivity contribution in [3.63, 3.8) is 0 Å². The zero-order valence-corrected chi connectivity index (χ0v) is 15.5. The molecule has 2 aliphatic heterocycles. The predicted octanol–water partition coefficient (Wildman–Crippen LogP) is 1.12. The van der Waals surface area contributed by atoms with Crippen LogP contribution >= 0.6 is 12.4 Å². The Morgan fingerprint density at radius 1 is 1.24 bits per heavy atom. The highest BCUT2D eigenvalue weighted by Crippen LogP contribution is 2.15. The molecular weight excluding hydrogens is 340 g/mol. The molecule has 6 nitrogen and oxygen atoms in total. The number of hydrogen-bond donors (Lipinski definition) is 2. The summed E-state index contributed by atoms with van der Waals surface area (Å²) in [6.07, 6.45) is 2.31. The van der Waals surface area contributed by atoms with Crippen LogP contribution < -0.4 is 10.6 Å². The first kappa shape index (κ1) is 19.7. The fourth-order valence-corrected chi connectivity index (χ4v) is 3.24. The van der Waals surface area contributed by atoms with Crippen molar-refractivity contribution in [2.75, 3.05) is 45.1 Å². The van der Waals surface area contributed by atoms with Gasteiger partial charge in [-0.1, -0.05) is 12.1 Å². The summed E-state index contributed by atoms with van der Waals surface area (Å²) in [6.45, 7) is 4.34. The van der Waals surface area contributed by atoms with E-state index in [2.05, 4.69) is 22.6 Å². The Morgan fingerprint density at radius 2 is 2.00 bits per heavy atom. The van der Waals surface area contributed by atoms with Gasteiger partial charge in [-0.25, -0.2) is 0 Å². The number of likely N-dealkylation sites (N-methyl/N-ethyl adjacent to an activating group) is 1. The number of piperazine rings is 1. The lowest BCUT2D eigenvalue weighted by Crippen LogP contribution is -2.47. The first-order valence-electron chi connectivity index (χ1n) is 8.71. The number of benzene rings is 1. The minimum atomic E-state index is -0.0966. The number of carbonyl (C=O) groups is 2. The van der Waals surface area contributed by atoms with E-state index in [1.165, 1.54) is 0 Å². The largest absolute Gasteiger partial charge is 0.340 e. The summed E-state index contributed by atoms with van der Waals surface area (Å²) < 4.78 is 0. The number of hydrogen-bond acceptors (Lipinski definition) is 4. The number of nitrogens with zero attached hydrogens (tertiary/aromatic N) is 2. The topological polar surface area (TPSA) is 64.7 Å². The van der Waals surface area contributed by atoms with E-state index >= 15 is 0 Å². The van der Waals surface area contributed by atoms with Crippen LogP contribution in [-0.4, -0.2) is 67.4 Å². The molecule has 2 aliphatic rings. The van der Waals surface area contributed by atoms with Crippen LogP contribution in [0.4, 0.5) is 5.69 Å². The molecule has 0 bridgehead atoms. The third-order valence-corrected chi connectivity index (χ3v) is 4.78. The molecule has 0 radical (unpaired) electrons. The van der Waals surface area contributed by atoms with Crippen LogP contribution in [-0.2, 0) is 16.0 Å². The van der Waals surface area contributed by atoms with Gasteiger partial charge in [-0.2, -0.15) is 0 Å². The van der Waals surface area contributed by atoms with Gasteiger partial charge in [0.2, 0.25) is 11.8 Å². The molecule has 2 saturated heterocycles. The lowest BCUT2D eigenvalue weighted by molar-refractivity contribution is -0.132. The van der Waals surface area contributed by atoms with Gasteiger partial charge in [0.15, 0.2) is 0 Å². The molecular formula is C18H27ClN4O2. The third kappa shape index (κ3) is 5.42. The van der Waals surface area contributed by atoms with Crippen molar-refractivity contribution in [3.8, 4) is 0 Å². The molecule has 2 heterocycles. The van der Waals surface area contributed by atoms with Gasteiger partial charge in [-0.3, -0.25) is 9.59 Å². The molecule has 25 heavy (non-hydrogen) atoms. The van der Waals surface area contributed by atoms with Gasteiger partial charge in [0.1, 0.15) is 0 Å². The van der Waals surface area contributed by atoms with Crippen molar-refractivity contribution in [2.24, 2.45) is 0 Å². The Labute approximate surface area is 155 Å².